The molecular formula is C17H27NO2. The van der Waals surface area contributed by atoms with E-state index in [1.807, 2.05) is 0 Å². The van der Waals surface area contributed by atoms with E-state index in [9.17, 15) is 0 Å². The molecule has 3 atom stereocenters. The van der Waals surface area contributed by atoms with Crippen LogP contribution < -0.4 is 4.74 Å². The minimum absolute atomic E-state index is 0.289. The van der Waals surface area contributed by atoms with E-state index in [0.29, 0.717) is 11.8 Å². The van der Waals surface area contributed by atoms with Gasteiger partial charge in [-0.05, 0) is 37.6 Å². The predicted octanol–water partition coefficient (Wildman–Crippen LogP) is 3.16. The molecule has 1 aromatic rings. The quantitative estimate of drug-likeness (QED) is 0.825. The largest absolute Gasteiger partial charge is 0.497 e. The number of ether oxygens (including phenoxy) is 2. The van der Waals surface area contributed by atoms with Crippen LogP contribution in [0.5, 0.6) is 5.75 Å². The summed E-state index contributed by atoms with van der Waals surface area (Å²) in [6, 6.07) is 8.51. The van der Waals surface area contributed by atoms with Crippen molar-refractivity contribution in [3.8, 4) is 5.75 Å². The number of piperidine rings is 1. The average molecular weight is 277 g/mol. The van der Waals surface area contributed by atoms with Gasteiger partial charge in [-0.1, -0.05) is 25.5 Å². The number of nitrogens with zero attached hydrogens (tertiary/aromatic N) is 1. The Labute approximate surface area is 122 Å². The maximum absolute atomic E-state index is 6.04. The minimum Gasteiger partial charge on any atom is -0.497 e. The highest BCUT2D eigenvalue weighted by Crippen LogP contribution is 2.36. The number of likely N-dealkylation sites (N-methyl/N-ethyl adjacent to an activating group) is 1. The molecule has 1 fully saturated rings. The van der Waals surface area contributed by atoms with Crippen LogP contribution in [-0.2, 0) is 4.74 Å². The fourth-order valence-corrected chi connectivity index (χ4v) is 3.38. The van der Waals surface area contributed by atoms with E-state index in [1.54, 1.807) is 7.11 Å². The third-order valence-electron chi connectivity index (χ3n) is 4.35. The predicted molar refractivity (Wildman–Crippen MR) is 82.4 cm³/mol. The van der Waals surface area contributed by atoms with Gasteiger partial charge in [-0.25, -0.2) is 0 Å². The van der Waals surface area contributed by atoms with Gasteiger partial charge in [-0.15, -0.1) is 0 Å². The van der Waals surface area contributed by atoms with Gasteiger partial charge >= 0.3 is 0 Å². The normalized spacial score (nSPS) is 27.5. The first-order valence-corrected chi connectivity index (χ1v) is 7.63. The highest BCUT2D eigenvalue weighted by molar-refractivity contribution is 5.31. The zero-order valence-corrected chi connectivity index (χ0v) is 13.1. The summed E-state index contributed by atoms with van der Waals surface area (Å²) in [6.07, 6.45) is 1.47. The smallest absolute Gasteiger partial charge is 0.118 e. The molecule has 0 aromatic heterocycles. The third kappa shape index (κ3) is 3.33. The van der Waals surface area contributed by atoms with Gasteiger partial charge in [0.25, 0.3) is 0 Å². The molecule has 1 heterocycles. The molecule has 1 aliphatic rings. The zero-order chi connectivity index (χ0) is 14.5. The van der Waals surface area contributed by atoms with Crippen molar-refractivity contribution in [3.05, 3.63) is 29.8 Å². The van der Waals surface area contributed by atoms with E-state index in [0.717, 1.165) is 25.4 Å². The number of methoxy groups -OCH3 is 1. The lowest BCUT2D eigenvalue weighted by Crippen LogP contribution is -2.47. The SMILES string of the molecule is CCOC1CN(C)C[C@@H](CC)[C@@H]1c1ccc(OC)cc1. The molecular weight excluding hydrogens is 250 g/mol. The van der Waals surface area contributed by atoms with Gasteiger partial charge in [0, 0.05) is 25.6 Å². The molecule has 0 bridgehead atoms. The van der Waals surface area contributed by atoms with Crippen LogP contribution in [0.15, 0.2) is 24.3 Å². The van der Waals surface area contributed by atoms with E-state index >= 15 is 0 Å². The van der Waals surface area contributed by atoms with Crippen LogP contribution in [0.3, 0.4) is 0 Å². The van der Waals surface area contributed by atoms with E-state index in [2.05, 4.69) is 50.1 Å². The van der Waals surface area contributed by atoms with Gasteiger partial charge in [0.15, 0.2) is 0 Å². The van der Waals surface area contributed by atoms with E-state index in [-0.39, 0.29) is 6.10 Å². The second kappa shape index (κ2) is 7.09. The minimum atomic E-state index is 0.289. The molecule has 2 rings (SSSR count). The maximum Gasteiger partial charge on any atom is 0.118 e. The molecule has 0 amide bonds. The molecule has 1 saturated heterocycles. The Kier molecular flexibility index (Phi) is 5.44. The van der Waals surface area contributed by atoms with Gasteiger partial charge in [0.2, 0.25) is 0 Å². The standard InChI is InChI=1S/C17H27NO2/c1-5-13-11-18(3)12-16(20-6-2)17(13)14-7-9-15(19-4)10-8-14/h7-10,13,16-17H,5-6,11-12H2,1-4H3/t13-,16?,17-/m1/s1. The fraction of sp³-hybridized carbons (Fsp3) is 0.647. The summed E-state index contributed by atoms with van der Waals surface area (Å²) in [5.41, 5.74) is 1.38. The van der Waals surface area contributed by atoms with Crippen LogP contribution in [0.4, 0.5) is 0 Å². The summed E-state index contributed by atoms with van der Waals surface area (Å²) < 4.78 is 11.3. The van der Waals surface area contributed by atoms with Crippen molar-refractivity contribution in [2.75, 3.05) is 33.9 Å². The zero-order valence-electron chi connectivity index (χ0n) is 13.1. The first-order chi connectivity index (χ1) is 9.69. The van der Waals surface area contributed by atoms with E-state index in [4.69, 9.17) is 9.47 Å². The lowest BCUT2D eigenvalue weighted by molar-refractivity contribution is -0.0255. The summed E-state index contributed by atoms with van der Waals surface area (Å²) in [6.45, 7) is 7.31. The lowest BCUT2D eigenvalue weighted by atomic mass is 9.77. The maximum atomic E-state index is 6.04. The molecule has 0 radical (unpaired) electrons. The molecule has 0 N–H and O–H groups in total. The second-order valence-electron chi connectivity index (χ2n) is 5.68. The Balaban J connectivity index is 2.25. The van der Waals surface area contributed by atoms with Crippen molar-refractivity contribution in [1.82, 2.24) is 4.90 Å². The molecule has 1 aliphatic heterocycles. The number of rotatable bonds is 5. The number of likely N-dealkylation sites (tertiary alicyclic amines) is 1. The molecule has 3 heteroatoms. The van der Waals surface area contributed by atoms with Crippen LogP contribution in [0.2, 0.25) is 0 Å². The number of hydrogen-bond donors (Lipinski definition) is 0. The average Bonchev–Trinajstić information content (AvgIpc) is 2.47. The van der Waals surface area contributed by atoms with Crippen LogP contribution in [0, 0.1) is 5.92 Å². The summed E-state index contributed by atoms with van der Waals surface area (Å²) in [5, 5.41) is 0. The van der Waals surface area contributed by atoms with Crippen LogP contribution >= 0.6 is 0 Å². The van der Waals surface area contributed by atoms with E-state index in [1.165, 1.54) is 12.0 Å². The Morgan fingerprint density at radius 1 is 1.15 bits per heavy atom. The van der Waals surface area contributed by atoms with Crippen molar-refractivity contribution in [3.63, 3.8) is 0 Å². The van der Waals surface area contributed by atoms with E-state index < -0.39 is 0 Å². The van der Waals surface area contributed by atoms with Gasteiger partial charge in [0.05, 0.1) is 13.2 Å². The highest BCUT2D eigenvalue weighted by Gasteiger charge is 2.36. The van der Waals surface area contributed by atoms with Crippen LogP contribution in [-0.4, -0.2) is 44.9 Å². The molecule has 20 heavy (non-hydrogen) atoms. The summed E-state index contributed by atoms with van der Waals surface area (Å²) in [7, 11) is 3.90. The first-order valence-electron chi connectivity index (χ1n) is 7.63. The number of hydrogen-bond acceptors (Lipinski definition) is 3. The van der Waals surface area contributed by atoms with Gasteiger partial charge < -0.3 is 14.4 Å². The second-order valence-corrected chi connectivity index (χ2v) is 5.68. The molecule has 0 spiro atoms. The summed E-state index contributed by atoms with van der Waals surface area (Å²) in [4.78, 5) is 2.40. The fourth-order valence-electron chi connectivity index (χ4n) is 3.38. The van der Waals surface area contributed by atoms with Crippen LogP contribution in [0.1, 0.15) is 31.7 Å². The van der Waals surface area contributed by atoms with Crippen molar-refractivity contribution < 1.29 is 9.47 Å². The summed E-state index contributed by atoms with van der Waals surface area (Å²) in [5.74, 6) is 2.06. The summed E-state index contributed by atoms with van der Waals surface area (Å²) >= 11 is 0. The van der Waals surface area contributed by atoms with Crippen molar-refractivity contribution in [2.45, 2.75) is 32.3 Å². The molecule has 3 nitrogen and oxygen atoms in total. The highest BCUT2D eigenvalue weighted by atomic mass is 16.5. The Morgan fingerprint density at radius 2 is 1.85 bits per heavy atom. The van der Waals surface area contributed by atoms with Crippen molar-refractivity contribution in [1.29, 1.82) is 0 Å². The lowest BCUT2D eigenvalue weighted by Gasteiger charge is -2.42. The monoisotopic (exact) mass is 277 g/mol. The van der Waals surface area contributed by atoms with Crippen molar-refractivity contribution in [2.24, 2.45) is 5.92 Å². The van der Waals surface area contributed by atoms with Gasteiger partial charge in [0.1, 0.15) is 5.75 Å². The van der Waals surface area contributed by atoms with Gasteiger partial charge in [-0.2, -0.15) is 0 Å². The van der Waals surface area contributed by atoms with Gasteiger partial charge in [-0.3, -0.25) is 0 Å². The molecule has 1 unspecified atom stereocenters. The first kappa shape index (κ1) is 15.3. The molecule has 0 aliphatic carbocycles. The third-order valence-corrected chi connectivity index (χ3v) is 4.35. The molecule has 112 valence electrons. The molecule has 1 aromatic carbocycles. The Bertz CT molecular complexity index is 404. The number of benzene rings is 1. The Morgan fingerprint density at radius 3 is 2.40 bits per heavy atom. The Hall–Kier alpha value is -1.06. The van der Waals surface area contributed by atoms with Crippen molar-refractivity contribution >= 4 is 0 Å². The molecule has 0 saturated carbocycles. The topological polar surface area (TPSA) is 21.7 Å². The van der Waals surface area contributed by atoms with Crippen LogP contribution in [0.25, 0.3) is 0 Å².